The maximum atomic E-state index is 12.7. The topological polar surface area (TPSA) is 134 Å². The van der Waals surface area contributed by atoms with Crippen LogP contribution in [-0.2, 0) is 11.4 Å². The number of hydrogen-bond donors (Lipinski definition) is 1. The minimum Gasteiger partial charge on any atom is -0.497 e. The van der Waals surface area contributed by atoms with Crippen molar-refractivity contribution in [3.05, 3.63) is 61.8 Å². The molecule has 0 unspecified atom stereocenters. The van der Waals surface area contributed by atoms with Gasteiger partial charge in [-0.3, -0.25) is 9.59 Å². The van der Waals surface area contributed by atoms with Crippen LogP contribution in [0, 0.1) is 10.1 Å². The average molecular weight is 335 g/mol. The number of nitrogens with one attached hydrogen (secondary N) is 1. The second-order valence-corrected chi connectivity index (χ2v) is 4.67. The average Bonchev–Trinajstić information content (AvgIpc) is 2.88. The number of methoxy groups -OCH3 is 1. The molecule has 0 aliphatic rings. The van der Waals surface area contributed by atoms with E-state index in [1.165, 1.54) is 31.4 Å². The summed E-state index contributed by atoms with van der Waals surface area (Å²) in [4.78, 5) is 53.0. The molecule has 0 spiro atoms. The van der Waals surface area contributed by atoms with E-state index in [9.17, 15) is 24.5 Å². The molecule has 0 bridgehead atoms. The molecule has 0 saturated heterocycles. The minimum atomic E-state index is -1.06. The first-order chi connectivity index (χ1) is 11.3. The van der Waals surface area contributed by atoms with Crippen LogP contribution in [0.2, 0.25) is 0 Å². The Hall–Kier alpha value is -3.43. The third-order valence-corrected chi connectivity index (χ3v) is 3.17. The largest absolute Gasteiger partial charge is 0.497 e. The molecule has 2 rings (SSSR count). The molecule has 0 saturated carbocycles. The van der Waals surface area contributed by atoms with Crippen molar-refractivity contribution >= 4 is 11.7 Å². The summed E-state index contributed by atoms with van der Waals surface area (Å²) in [5.74, 6) is -0.852. The van der Waals surface area contributed by atoms with Gasteiger partial charge in [0.25, 0.3) is 5.09 Å². The van der Waals surface area contributed by atoms with Gasteiger partial charge in [-0.25, -0.2) is 9.36 Å². The number of ketones is 1. The number of hydrogen-bond acceptors (Lipinski definition) is 7. The molecular weight excluding hydrogens is 322 g/mol. The van der Waals surface area contributed by atoms with E-state index >= 15 is 0 Å². The first kappa shape index (κ1) is 16.9. The van der Waals surface area contributed by atoms with E-state index in [0.29, 0.717) is 10.3 Å². The van der Waals surface area contributed by atoms with Crippen molar-refractivity contribution in [3.63, 3.8) is 0 Å². The van der Waals surface area contributed by atoms with Crippen LogP contribution in [0.3, 0.4) is 0 Å². The zero-order valence-electron chi connectivity index (χ0n) is 12.8. The number of benzene rings is 1. The number of H-pyrrole nitrogens is 1. The van der Waals surface area contributed by atoms with Crippen LogP contribution in [-0.4, -0.2) is 33.4 Å². The summed E-state index contributed by atoms with van der Waals surface area (Å²) >= 11 is 0. The number of ether oxygens (including phenoxy) is 1. The summed E-state index contributed by atoms with van der Waals surface area (Å²) in [5, 5.41) is 9.27. The summed E-state index contributed by atoms with van der Waals surface area (Å²) in [7, 11) is 1.46. The molecule has 1 heterocycles. The van der Waals surface area contributed by atoms with Crippen molar-refractivity contribution in [1.29, 1.82) is 0 Å². The van der Waals surface area contributed by atoms with E-state index in [4.69, 9.17) is 4.74 Å². The van der Waals surface area contributed by atoms with Crippen molar-refractivity contribution in [2.24, 2.45) is 0 Å². The maximum absolute atomic E-state index is 12.7. The Morgan fingerprint density at radius 3 is 2.42 bits per heavy atom. The third-order valence-electron chi connectivity index (χ3n) is 3.17. The molecule has 1 N–H and O–H groups in total. The van der Waals surface area contributed by atoms with Crippen LogP contribution in [0.15, 0.2) is 29.1 Å². The Balaban J connectivity index is 2.52. The maximum Gasteiger partial charge on any atom is 0.333 e. The lowest BCUT2D eigenvalue weighted by Crippen LogP contribution is -2.26. The van der Waals surface area contributed by atoms with Gasteiger partial charge < -0.3 is 14.6 Å². The lowest BCUT2D eigenvalue weighted by Gasteiger charge is -2.07. The molecule has 0 radical (unpaired) electrons. The number of rotatable bonds is 6. The highest BCUT2D eigenvalue weighted by atomic mass is 16.9. The van der Waals surface area contributed by atoms with E-state index in [0.717, 1.165) is 6.92 Å². The highest BCUT2D eigenvalue weighted by Crippen LogP contribution is 2.17. The first-order valence-electron chi connectivity index (χ1n) is 6.66. The van der Waals surface area contributed by atoms with Crippen LogP contribution < -0.4 is 10.4 Å². The predicted molar refractivity (Wildman–Crippen MR) is 79.6 cm³/mol. The fourth-order valence-electron chi connectivity index (χ4n) is 2.12. The van der Waals surface area contributed by atoms with Crippen molar-refractivity contribution in [2.45, 2.75) is 13.5 Å². The van der Waals surface area contributed by atoms with Gasteiger partial charge in [0.2, 0.25) is 11.7 Å². The molecule has 1 aromatic heterocycles. The quantitative estimate of drug-likeness (QED) is 0.468. The first-order valence-corrected chi connectivity index (χ1v) is 6.66. The zero-order valence-corrected chi connectivity index (χ0v) is 12.8. The zero-order chi connectivity index (χ0) is 17.9. The van der Waals surface area contributed by atoms with Gasteiger partial charge in [-0.05, 0) is 24.3 Å². The second kappa shape index (κ2) is 6.77. The molecule has 10 heteroatoms. The molecule has 0 atom stereocenters. The van der Waals surface area contributed by atoms with Gasteiger partial charge in [0.15, 0.2) is 0 Å². The molecule has 2 aromatic rings. The van der Waals surface area contributed by atoms with E-state index in [1.807, 2.05) is 0 Å². The standard InChI is InChI=1S/C14H13N3O7/c1-8(18)16-12(11(15-14(16)20)7-24-17(21)22)13(19)9-3-5-10(23-2)6-4-9/h3-6H,7H2,1-2H3,(H,15,20). The molecule has 0 aliphatic carbocycles. The molecular formula is C14H13N3O7. The van der Waals surface area contributed by atoms with Crippen LogP contribution >= 0.6 is 0 Å². The third kappa shape index (κ3) is 3.32. The summed E-state index contributed by atoms with van der Waals surface area (Å²) in [5.41, 5.74) is -1.17. The van der Waals surface area contributed by atoms with E-state index in [-0.39, 0.29) is 17.0 Å². The van der Waals surface area contributed by atoms with Gasteiger partial charge in [-0.2, -0.15) is 0 Å². The lowest BCUT2D eigenvalue weighted by atomic mass is 10.1. The van der Waals surface area contributed by atoms with Crippen molar-refractivity contribution in [2.75, 3.05) is 7.11 Å². The SMILES string of the molecule is COc1ccc(C(=O)c2c(CO[N+](=O)[O-])[nH]c(=O)n2C(C)=O)cc1. The van der Waals surface area contributed by atoms with E-state index < -0.39 is 29.1 Å². The second-order valence-electron chi connectivity index (χ2n) is 4.67. The summed E-state index contributed by atoms with van der Waals surface area (Å²) < 4.78 is 5.60. The van der Waals surface area contributed by atoms with E-state index in [2.05, 4.69) is 9.82 Å². The summed E-state index contributed by atoms with van der Waals surface area (Å²) in [6.07, 6.45) is 0. The van der Waals surface area contributed by atoms with Crippen molar-refractivity contribution in [1.82, 2.24) is 9.55 Å². The van der Waals surface area contributed by atoms with Crippen LogP contribution in [0.25, 0.3) is 0 Å². The monoisotopic (exact) mass is 335 g/mol. The van der Waals surface area contributed by atoms with Gasteiger partial charge in [0, 0.05) is 12.5 Å². The molecule has 126 valence electrons. The number of nitrogens with zero attached hydrogens (tertiary/aromatic N) is 2. The molecule has 1 aromatic carbocycles. The van der Waals surface area contributed by atoms with Crippen LogP contribution in [0.4, 0.5) is 0 Å². The Bertz CT molecular complexity index is 848. The smallest absolute Gasteiger partial charge is 0.333 e. The van der Waals surface area contributed by atoms with Crippen molar-refractivity contribution < 1.29 is 24.3 Å². The number of carbonyl (C=O) groups is 2. The number of aromatic amines is 1. The Labute approximate surface area is 134 Å². The molecule has 0 aliphatic heterocycles. The normalized spacial score (nSPS) is 10.2. The lowest BCUT2D eigenvalue weighted by molar-refractivity contribution is -0.763. The van der Waals surface area contributed by atoms with Crippen LogP contribution in [0.5, 0.6) is 5.75 Å². The molecule has 24 heavy (non-hydrogen) atoms. The summed E-state index contributed by atoms with van der Waals surface area (Å²) in [6.45, 7) is 0.428. The van der Waals surface area contributed by atoms with Gasteiger partial charge in [0.1, 0.15) is 18.1 Å². The van der Waals surface area contributed by atoms with Gasteiger partial charge in [-0.1, -0.05) is 0 Å². The minimum absolute atomic E-state index is 0.160. The highest BCUT2D eigenvalue weighted by Gasteiger charge is 2.25. The fraction of sp³-hybridized carbons (Fsp3) is 0.214. The molecule has 0 fully saturated rings. The molecule has 0 amide bonds. The van der Waals surface area contributed by atoms with Gasteiger partial charge >= 0.3 is 5.69 Å². The summed E-state index contributed by atoms with van der Waals surface area (Å²) in [6, 6.07) is 5.95. The number of carbonyl (C=O) groups excluding carboxylic acids is 2. The fourth-order valence-corrected chi connectivity index (χ4v) is 2.12. The molecule has 10 nitrogen and oxygen atoms in total. The van der Waals surface area contributed by atoms with Gasteiger partial charge in [0.05, 0.1) is 12.8 Å². The Morgan fingerprint density at radius 1 is 1.29 bits per heavy atom. The van der Waals surface area contributed by atoms with Gasteiger partial charge in [-0.15, -0.1) is 10.1 Å². The Morgan fingerprint density at radius 2 is 1.92 bits per heavy atom. The Kier molecular flexibility index (Phi) is 4.78. The number of imidazole rings is 1. The van der Waals surface area contributed by atoms with Crippen LogP contribution in [0.1, 0.15) is 33.5 Å². The van der Waals surface area contributed by atoms with Crippen molar-refractivity contribution in [3.8, 4) is 5.75 Å². The highest BCUT2D eigenvalue weighted by molar-refractivity contribution is 6.10. The predicted octanol–water partition coefficient (Wildman–Crippen LogP) is 0.784. The number of aromatic nitrogens is 2. The van der Waals surface area contributed by atoms with E-state index in [1.54, 1.807) is 0 Å².